The van der Waals surface area contributed by atoms with Gasteiger partial charge in [0.1, 0.15) is 15.7 Å². The molecule has 23 heavy (non-hydrogen) atoms. The maximum absolute atomic E-state index is 12.3. The molecule has 0 saturated carbocycles. The molecule has 0 aromatic carbocycles. The van der Waals surface area contributed by atoms with Crippen LogP contribution in [0.4, 0.5) is 0 Å². The third kappa shape index (κ3) is 4.42. The number of thiophene rings is 1. The molecule has 0 aliphatic carbocycles. The number of nitrogens with zero attached hydrogens (tertiary/aromatic N) is 3. The van der Waals surface area contributed by atoms with Crippen molar-refractivity contribution in [1.82, 2.24) is 14.9 Å². The number of aryl methyl sites for hydroxylation is 2. The van der Waals surface area contributed by atoms with Crippen molar-refractivity contribution in [2.45, 2.75) is 25.3 Å². The molecule has 2 aromatic heterocycles. The third-order valence-electron chi connectivity index (χ3n) is 3.25. The van der Waals surface area contributed by atoms with Crippen LogP contribution in [0.2, 0.25) is 0 Å². The van der Waals surface area contributed by atoms with Crippen molar-refractivity contribution in [2.75, 3.05) is 18.8 Å². The summed E-state index contributed by atoms with van der Waals surface area (Å²) in [5.74, 6) is 1.15. The minimum Gasteiger partial charge on any atom is -0.335 e. The lowest BCUT2D eigenvalue weighted by molar-refractivity contribution is -0.127. The van der Waals surface area contributed by atoms with Crippen LogP contribution in [0.15, 0.2) is 36.4 Å². The summed E-state index contributed by atoms with van der Waals surface area (Å²) in [6, 6.07) is 2.14. The van der Waals surface area contributed by atoms with Gasteiger partial charge in [-0.1, -0.05) is 30.8 Å². The lowest BCUT2D eigenvalue weighted by Crippen LogP contribution is -2.32. The largest absolute Gasteiger partial charge is 0.335 e. The highest BCUT2D eigenvalue weighted by molar-refractivity contribution is 8.00. The first-order valence-electron chi connectivity index (χ1n) is 7.48. The van der Waals surface area contributed by atoms with E-state index >= 15 is 0 Å². The van der Waals surface area contributed by atoms with Crippen molar-refractivity contribution in [2.24, 2.45) is 0 Å². The highest BCUT2D eigenvalue weighted by Crippen LogP contribution is 2.31. The molecule has 2 rings (SSSR count). The van der Waals surface area contributed by atoms with Crippen LogP contribution in [0, 0.1) is 6.92 Å². The Morgan fingerprint density at radius 3 is 2.65 bits per heavy atom. The molecule has 0 saturated heterocycles. The molecule has 122 valence electrons. The summed E-state index contributed by atoms with van der Waals surface area (Å²) in [6.07, 6.45) is 4.44. The first-order chi connectivity index (χ1) is 11.1. The van der Waals surface area contributed by atoms with E-state index < -0.39 is 0 Å². The molecule has 0 spiro atoms. The minimum absolute atomic E-state index is 0.0603. The fraction of sp³-hybridized carbons (Fsp3) is 0.353. The maximum Gasteiger partial charge on any atom is 0.233 e. The lowest BCUT2D eigenvalue weighted by Gasteiger charge is -2.18. The SMILES string of the molecule is C=CCN(CC=C)C(=O)CSc1nc(C)nc2sc(CC)cc12. The number of thioether (sulfide) groups is 1. The molecule has 0 atom stereocenters. The van der Waals surface area contributed by atoms with Crippen molar-refractivity contribution < 1.29 is 4.79 Å². The zero-order chi connectivity index (χ0) is 16.8. The molecule has 0 fully saturated rings. The van der Waals surface area contributed by atoms with Crippen LogP contribution in [0.3, 0.4) is 0 Å². The molecule has 0 radical (unpaired) electrons. The van der Waals surface area contributed by atoms with Gasteiger partial charge in [-0.2, -0.15) is 0 Å². The Morgan fingerprint density at radius 1 is 1.35 bits per heavy atom. The van der Waals surface area contributed by atoms with E-state index in [9.17, 15) is 4.79 Å². The second-order valence-corrected chi connectivity index (χ2v) is 7.11. The molecule has 2 heterocycles. The normalized spacial score (nSPS) is 10.7. The fourth-order valence-electron chi connectivity index (χ4n) is 2.14. The molecule has 1 amide bonds. The van der Waals surface area contributed by atoms with Crippen molar-refractivity contribution >= 4 is 39.2 Å². The summed E-state index contributed by atoms with van der Waals surface area (Å²) >= 11 is 3.17. The van der Waals surface area contributed by atoms with E-state index in [4.69, 9.17) is 0 Å². The van der Waals surface area contributed by atoms with Gasteiger partial charge in [0.2, 0.25) is 5.91 Å². The average molecular weight is 348 g/mol. The number of carbonyl (C=O) groups is 1. The molecular weight excluding hydrogens is 326 g/mol. The smallest absolute Gasteiger partial charge is 0.233 e. The molecule has 0 N–H and O–H groups in total. The van der Waals surface area contributed by atoms with Gasteiger partial charge in [0.15, 0.2) is 0 Å². The van der Waals surface area contributed by atoms with Gasteiger partial charge < -0.3 is 4.90 Å². The quantitative estimate of drug-likeness (QED) is 0.413. The number of hydrogen-bond donors (Lipinski definition) is 0. The van der Waals surface area contributed by atoms with Crippen LogP contribution in [0.1, 0.15) is 17.6 Å². The summed E-state index contributed by atoms with van der Waals surface area (Å²) in [7, 11) is 0. The van der Waals surface area contributed by atoms with Gasteiger partial charge in [-0.05, 0) is 19.4 Å². The molecule has 0 aliphatic rings. The summed E-state index contributed by atoms with van der Waals surface area (Å²) in [4.78, 5) is 25.4. The topological polar surface area (TPSA) is 46.1 Å². The monoisotopic (exact) mass is 347 g/mol. The van der Waals surface area contributed by atoms with Crippen molar-refractivity contribution in [3.05, 3.63) is 42.1 Å². The first-order valence-corrected chi connectivity index (χ1v) is 9.28. The highest BCUT2D eigenvalue weighted by Gasteiger charge is 2.15. The number of aromatic nitrogens is 2. The Morgan fingerprint density at radius 2 is 2.04 bits per heavy atom. The van der Waals surface area contributed by atoms with Gasteiger partial charge in [0.25, 0.3) is 0 Å². The zero-order valence-corrected chi connectivity index (χ0v) is 15.2. The van der Waals surface area contributed by atoms with E-state index in [2.05, 4.69) is 36.1 Å². The van der Waals surface area contributed by atoms with Gasteiger partial charge in [-0.3, -0.25) is 4.79 Å². The summed E-state index contributed by atoms with van der Waals surface area (Å²) < 4.78 is 0. The summed E-state index contributed by atoms with van der Waals surface area (Å²) in [6.45, 7) is 12.5. The molecule has 6 heteroatoms. The van der Waals surface area contributed by atoms with E-state index in [0.717, 1.165) is 27.5 Å². The molecule has 4 nitrogen and oxygen atoms in total. The van der Waals surface area contributed by atoms with Gasteiger partial charge in [0, 0.05) is 23.4 Å². The molecule has 2 aromatic rings. The van der Waals surface area contributed by atoms with E-state index in [1.807, 2.05) is 6.92 Å². The Balaban J connectivity index is 2.17. The predicted molar refractivity (Wildman–Crippen MR) is 99.2 cm³/mol. The molecular formula is C17H21N3OS2. The van der Waals surface area contributed by atoms with Crippen molar-refractivity contribution in [3.8, 4) is 0 Å². The van der Waals surface area contributed by atoms with E-state index in [0.29, 0.717) is 18.8 Å². The van der Waals surface area contributed by atoms with Crippen molar-refractivity contribution in [1.29, 1.82) is 0 Å². The Bertz CT molecular complexity index is 714. The second kappa shape index (κ2) is 8.26. The van der Waals surface area contributed by atoms with Gasteiger partial charge in [-0.25, -0.2) is 9.97 Å². The Kier molecular flexibility index (Phi) is 6.36. The van der Waals surface area contributed by atoms with Crippen LogP contribution in [-0.4, -0.2) is 39.6 Å². The highest BCUT2D eigenvalue weighted by atomic mass is 32.2. The van der Waals surface area contributed by atoms with E-state index in [-0.39, 0.29) is 5.91 Å². The number of fused-ring (bicyclic) bond motifs is 1. The number of amides is 1. The third-order valence-corrected chi connectivity index (χ3v) is 5.40. The fourth-order valence-corrected chi connectivity index (χ4v) is 4.17. The van der Waals surface area contributed by atoms with Gasteiger partial charge in [0.05, 0.1) is 5.75 Å². The van der Waals surface area contributed by atoms with E-state index in [1.54, 1.807) is 28.4 Å². The Hall–Kier alpha value is -1.66. The summed E-state index contributed by atoms with van der Waals surface area (Å²) in [5.41, 5.74) is 0. The molecule has 0 aliphatic heterocycles. The van der Waals surface area contributed by atoms with Crippen molar-refractivity contribution in [3.63, 3.8) is 0 Å². The molecule has 0 bridgehead atoms. The number of hydrogen-bond acceptors (Lipinski definition) is 5. The maximum atomic E-state index is 12.3. The Labute approximate surface area is 145 Å². The summed E-state index contributed by atoms with van der Waals surface area (Å²) in [5, 5.41) is 1.93. The molecule has 0 unspecified atom stereocenters. The predicted octanol–water partition coefficient (Wildman–Crippen LogP) is 3.85. The number of carbonyl (C=O) groups excluding carboxylic acids is 1. The van der Waals surface area contributed by atoms with Crippen LogP contribution >= 0.6 is 23.1 Å². The van der Waals surface area contributed by atoms with Crippen LogP contribution in [0.25, 0.3) is 10.2 Å². The van der Waals surface area contributed by atoms with Crippen LogP contribution < -0.4 is 0 Å². The van der Waals surface area contributed by atoms with E-state index in [1.165, 1.54) is 16.6 Å². The average Bonchev–Trinajstić information content (AvgIpc) is 2.95. The number of rotatable bonds is 8. The minimum atomic E-state index is 0.0603. The second-order valence-electron chi connectivity index (χ2n) is 5.03. The lowest BCUT2D eigenvalue weighted by atomic mass is 10.3. The standard InChI is InChI=1S/C17H21N3OS2/c1-5-8-20(9-6-2)15(21)11-22-16-14-10-13(7-3)23-17(14)19-12(4)18-16/h5-6,10H,1-2,7-9,11H2,3-4H3. The van der Waals surface area contributed by atoms with Crippen LogP contribution in [-0.2, 0) is 11.2 Å². The van der Waals surface area contributed by atoms with Crippen LogP contribution in [0.5, 0.6) is 0 Å². The van der Waals surface area contributed by atoms with Gasteiger partial charge >= 0.3 is 0 Å². The first kappa shape index (κ1) is 17.7. The van der Waals surface area contributed by atoms with Gasteiger partial charge in [-0.15, -0.1) is 24.5 Å². The zero-order valence-electron chi connectivity index (χ0n) is 13.5.